The predicted molar refractivity (Wildman–Crippen MR) is 68.2 cm³/mol. The van der Waals surface area contributed by atoms with Gasteiger partial charge in [0, 0.05) is 16.7 Å². The van der Waals surface area contributed by atoms with E-state index in [1.165, 1.54) is 16.7 Å². The van der Waals surface area contributed by atoms with Gasteiger partial charge in [-0.25, -0.2) is 0 Å². The highest BCUT2D eigenvalue weighted by atomic mass is 32.2. The molecule has 3 heteroatoms. The lowest BCUT2D eigenvalue weighted by Crippen LogP contribution is -2.17. The van der Waals surface area contributed by atoms with E-state index in [0.29, 0.717) is 6.04 Å². The van der Waals surface area contributed by atoms with Gasteiger partial charge in [-0.3, -0.25) is 4.21 Å². The minimum absolute atomic E-state index is 0.361. The fourth-order valence-electron chi connectivity index (χ4n) is 2.53. The van der Waals surface area contributed by atoms with E-state index in [4.69, 9.17) is 0 Å². The molecule has 1 aliphatic heterocycles. The summed E-state index contributed by atoms with van der Waals surface area (Å²) in [6.07, 6.45) is 2.11. The van der Waals surface area contributed by atoms with Gasteiger partial charge in [-0.15, -0.1) is 0 Å². The molecule has 0 aromatic heterocycles. The third kappa shape index (κ3) is 2.06. The van der Waals surface area contributed by atoms with Crippen molar-refractivity contribution in [3.05, 3.63) is 28.8 Å². The molecule has 88 valence electrons. The number of benzene rings is 1. The van der Waals surface area contributed by atoms with Gasteiger partial charge < -0.3 is 5.32 Å². The van der Waals surface area contributed by atoms with E-state index >= 15 is 0 Å². The molecule has 2 nitrogen and oxygen atoms in total. The van der Waals surface area contributed by atoms with Crippen LogP contribution in [0, 0.1) is 13.8 Å². The van der Waals surface area contributed by atoms with Crippen molar-refractivity contribution in [1.29, 1.82) is 0 Å². The van der Waals surface area contributed by atoms with Gasteiger partial charge in [-0.1, -0.05) is 17.7 Å². The highest BCUT2D eigenvalue weighted by Gasteiger charge is 2.23. The van der Waals surface area contributed by atoms with Crippen LogP contribution in [0.2, 0.25) is 0 Å². The van der Waals surface area contributed by atoms with Gasteiger partial charge in [0.2, 0.25) is 0 Å². The second kappa shape index (κ2) is 4.68. The molecule has 0 amide bonds. The first kappa shape index (κ1) is 11.8. The van der Waals surface area contributed by atoms with E-state index in [1.807, 2.05) is 7.05 Å². The zero-order valence-corrected chi connectivity index (χ0v) is 11.0. The SMILES string of the molecule is CNC1CCCS(=O)c2c(C)cc(C)cc21. The summed E-state index contributed by atoms with van der Waals surface area (Å²) in [4.78, 5) is 1.07. The Morgan fingerprint density at radius 1 is 1.38 bits per heavy atom. The predicted octanol–water partition coefficient (Wildman–Crippen LogP) is 2.47. The molecule has 0 aliphatic carbocycles. The molecule has 1 aliphatic rings. The van der Waals surface area contributed by atoms with Crippen LogP contribution in [0.3, 0.4) is 0 Å². The Labute approximate surface area is 99.9 Å². The number of fused-ring (bicyclic) bond motifs is 1. The minimum Gasteiger partial charge on any atom is -0.313 e. The van der Waals surface area contributed by atoms with Crippen LogP contribution in [0.4, 0.5) is 0 Å². The topological polar surface area (TPSA) is 29.1 Å². The van der Waals surface area contributed by atoms with Crippen LogP contribution in [0.5, 0.6) is 0 Å². The average molecular weight is 237 g/mol. The van der Waals surface area contributed by atoms with Crippen molar-refractivity contribution < 1.29 is 4.21 Å². The van der Waals surface area contributed by atoms with Gasteiger partial charge in [0.05, 0.1) is 10.8 Å². The van der Waals surface area contributed by atoms with Crippen molar-refractivity contribution in [2.75, 3.05) is 12.8 Å². The lowest BCUT2D eigenvalue weighted by atomic mass is 9.98. The zero-order valence-electron chi connectivity index (χ0n) is 10.2. The normalized spacial score (nSPS) is 24.9. The zero-order chi connectivity index (χ0) is 11.7. The molecule has 0 saturated heterocycles. The van der Waals surface area contributed by atoms with Gasteiger partial charge in [-0.05, 0) is 44.9 Å². The molecule has 0 bridgehead atoms. The molecule has 0 radical (unpaired) electrons. The number of hydrogen-bond donors (Lipinski definition) is 1. The first-order valence-electron chi connectivity index (χ1n) is 5.80. The highest BCUT2D eigenvalue weighted by molar-refractivity contribution is 7.85. The summed E-state index contributed by atoms with van der Waals surface area (Å²) < 4.78 is 12.2. The third-order valence-electron chi connectivity index (χ3n) is 3.22. The Morgan fingerprint density at radius 3 is 2.81 bits per heavy atom. The second-order valence-electron chi connectivity index (χ2n) is 4.53. The summed E-state index contributed by atoms with van der Waals surface area (Å²) in [6, 6.07) is 4.68. The summed E-state index contributed by atoms with van der Waals surface area (Å²) >= 11 is 0. The van der Waals surface area contributed by atoms with Crippen LogP contribution >= 0.6 is 0 Å². The van der Waals surface area contributed by atoms with Gasteiger partial charge in [-0.2, -0.15) is 0 Å². The molecule has 2 unspecified atom stereocenters. The molecule has 16 heavy (non-hydrogen) atoms. The van der Waals surface area contributed by atoms with Crippen LogP contribution in [0.1, 0.15) is 35.6 Å². The molecular formula is C13H19NOS. The van der Waals surface area contributed by atoms with Crippen molar-refractivity contribution in [3.63, 3.8) is 0 Å². The van der Waals surface area contributed by atoms with Crippen LogP contribution < -0.4 is 5.32 Å². The monoisotopic (exact) mass is 237 g/mol. The van der Waals surface area contributed by atoms with Gasteiger partial charge in [0.15, 0.2) is 0 Å². The van der Waals surface area contributed by atoms with Crippen LogP contribution in [-0.2, 0) is 10.8 Å². The molecule has 0 spiro atoms. The van der Waals surface area contributed by atoms with E-state index in [-0.39, 0.29) is 0 Å². The summed E-state index contributed by atoms with van der Waals surface area (Å²) in [6.45, 7) is 4.18. The van der Waals surface area contributed by atoms with E-state index in [1.54, 1.807) is 0 Å². The lowest BCUT2D eigenvalue weighted by Gasteiger charge is -2.18. The summed E-state index contributed by atoms with van der Waals surface area (Å²) in [7, 11) is 1.17. The minimum atomic E-state index is -0.815. The molecule has 1 aromatic rings. The van der Waals surface area contributed by atoms with Crippen molar-refractivity contribution in [3.8, 4) is 0 Å². The van der Waals surface area contributed by atoms with Crippen LogP contribution in [0.15, 0.2) is 17.0 Å². The smallest absolute Gasteiger partial charge is 0.0535 e. The first-order chi connectivity index (χ1) is 7.63. The Kier molecular flexibility index (Phi) is 3.45. The van der Waals surface area contributed by atoms with Gasteiger partial charge in [0.25, 0.3) is 0 Å². The van der Waals surface area contributed by atoms with Gasteiger partial charge >= 0.3 is 0 Å². The average Bonchev–Trinajstić information content (AvgIpc) is 2.37. The Morgan fingerprint density at radius 2 is 2.12 bits per heavy atom. The quantitative estimate of drug-likeness (QED) is 0.813. The molecule has 1 aromatic carbocycles. The maximum absolute atomic E-state index is 12.2. The molecular weight excluding hydrogens is 218 g/mol. The van der Waals surface area contributed by atoms with Crippen molar-refractivity contribution in [2.45, 2.75) is 37.6 Å². The maximum atomic E-state index is 12.2. The first-order valence-corrected chi connectivity index (χ1v) is 7.12. The van der Waals surface area contributed by atoms with Crippen molar-refractivity contribution >= 4 is 10.8 Å². The fraction of sp³-hybridized carbons (Fsp3) is 0.538. The van der Waals surface area contributed by atoms with E-state index in [2.05, 4.69) is 31.3 Å². The molecule has 1 heterocycles. The molecule has 2 rings (SSSR count). The van der Waals surface area contributed by atoms with Crippen LogP contribution in [-0.4, -0.2) is 17.0 Å². The molecule has 1 N–H and O–H groups in total. The summed E-state index contributed by atoms with van der Waals surface area (Å²) in [5.41, 5.74) is 3.68. The fourth-order valence-corrected chi connectivity index (χ4v) is 4.05. The van der Waals surface area contributed by atoms with Crippen LogP contribution in [0.25, 0.3) is 0 Å². The maximum Gasteiger partial charge on any atom is 0.0535 e. The summed E-state index contributed by atoms with van der Waals surface area (Å²) in [5, 5.41) is 3.34. The molecule has 2 atom stereocenters. The Balaban J connectivity index is 2.61. The lowest BCUT2D eigenvalue weighted by molar-refractivity contribution is 0.540. The number of nitrogens with one attached hydrogen (secondary N) is 1. The van der Waals surface area contributed by atoms with E-state index in [0.717, 1.165) is 23.5 Å². The van der Waals surface area contributed by atoms with Gasteiger partial charge in [0.1, 0.15) is 0 Å². The number of rotatable bonds is 1. The number of hydrogen-bond acceptors (Lipinski definition) is 2. The Hall–Kier alpha value is -0.670. The molecule has 0 fully saturated rings. The largest absolute Gasteiger partial charge is 0.313 e. The summed E-state index contributed by atoms with van der Waals surface area (Å²) in [5.74, 6) is 0.801. The Bertz CT molecular complexity index is 428. The van der Waals surface area contributed by atoms with Crippen molar-refractivity contribution in [2.24, 2.45) is 0 Å². The number of aryl methyl sites for hydroxylation is 2. The second-order valence-corrected chi connectivity index (χ2v) is 6.04. The van der Waals surface area contributed by atoms with E-state index in [9.17, 15) is 4.21 Å². The third-order valence-corrected chi connectivity index (χ3v) is 4.89. The standard InChI is InChI=1S/C13H19NOS/c1-9-7-10(2)13-11(8-9)12(14-3)5-4-6-16(13)15/h7-8,12,14H,4-6H2,1-3H3. The molecule has 0 saturated carbocycles. The van der Waals surface area contributed by atoms with Crippen molar-refractivity contribution in [1.82, 2.24) is 5.32 Å². The van der Waals surface area contributed by atoms with E-state index < -0.39 is 10.8 Å². The highest BCUT2D eigenvalue weighted by Crippen LogP contribution is 2.32.